The van der Waals surface area contributed by atoms with E-state index in [9.17, 15) is 14.4 Å². The molecule has 0 unspecified atom stereocenters. The van der Waals surface area contributed by atoms with Crippen LogP contribution in [0.25, 0.3) is 0 Å². The van der Waals surface area contributed by atoms with Gasteiger partial charge < -0.3 is 15.2 Å². The molecule has 0 aliphatic heterocycles. The first kappa shape index (κ1) is 16.2. The normalized spacial score (nSPS) is 11.0. The molecule has 0 fully saturated rings. The number of esters is 1. The molecule has 1 amide bonds. The highest BCUT2D eigenvalue weighted by atomic mass is 16.5. The fraction of sp³-hybridized carbons (Fsp3) is 0.286. The second-order valence-corrected chi connectivity index (χ2v) is 4.17. The number of aliphatic carboxylic acids is 1. The van der Waals surface area contributed by atoms with E-state index in [1.165, 1.54) is 31.4 Å². The van der Waals surface area contributed by atoms with Crippen molar-refractivity contribution in [1.29, 1.82) is 5.26 Å². The molecule has 0 saturated heterocycles. The lowest BCUT2D eigenvalue weighted by Crippen LogP contribution is -2.41. The number of hydrogen-bond donors (Lipinski definition) is 2. The lowest BCUT2D eigenvalue weighted by Gasteiger charge is -2.13. The van der Waals surface area contributed by atoms with Gasteiger partial charge in [0, 0.05) is 12.0 Å². The number of carboxylic acid groups (broad SMARTS) is 1. The minimum atomic E-state index is -1.24. The highest BCUT2D eigenvalue weighted by molar-refractivity contribution is 5.96. The maximum absolute atomic E-state index is 11.9. The van der Waals surface area contributed by atoms with Crippen LogP contribution in [-0.2, 0) is 14.3 Å². The SMILES string of the molecule is COC(=O)CC[C@@H](NC(=O)c1ccc(C#N)cc1)C(=O)O. The number of benzene rings is 1. The van der Waals surface area contributed by atoms with Gasteiger partial charge in [0.05, 0.1) is 18.7 Å². The fourth-order valence-electron chi connectivity index (χ4n) is 1.56. The van der Waals surface area contributed by atoms with Crippen LogP contribution in [0.5, 0.6) is 0 Å². The predicted molar refractivity (Wildman–Crippen MR) is 71.3 cm³/mol. The number of rotatable bonds is 6. The number of carbonyl (C=O) groups excluding carboxylic acids is 2. The quantitative estimate of drug-likeness (QED) is 0.745. The summed E-state index contributed by atoms with van der Waals surface area (Å²) >= 11 is 0. The van der Waals surface area contributed by atoms with Gasteiger partial charge in [0.1, 0.15) is 6.04 Å². The second kappa shape index (κ2) is 7.65. The summed E-state index contributed by atoms with van der Waals surface area (Å²) in [6.45, 7) is 0. The number of nitrogens with one attached hydrogen (secondary N) is 1. The summed E-state index contributed by atoms with van der Waals surface area (Å²) in [4.78, 5) is 34.0. The van der Waals surface area contributed by atoms with Crippen LogP contribution in [0.15, 0.2) is 24.3 Å². The molecular weight excluding hydrogens is 276 g/mol. The molecule has 2 N–H and O–H groups in total. The van der Waals surface area contributed by atoms with E-state index in [1.807, 2.05) is 6.07 Å². The number of carbonyl (C=O) groups is 3. The van der Waals surface area contributed by atoms with Gasteiger partial charge >= 0.3 is 11.9 Å². The van der Waals surface area contributed by atoms with Crippen LogP contribution in [0.4, 0.5) is 0 Å². The average molecular weight is 290 g/mol. The Morgan fingerprint density at radius 2 is 1.95 bits per heavy atom. The lowest BCUT2D eigenvalue weighted by atomic mass is 10.1. The number of amides is 1. The molecule has 7 nitrogen and oxygen atoms in total. The van der Waals surface area contributed by atoms with Crippen LogP contribution in [-0.4, -0.2) is 36.1 Å². The van der Waals surface area contributed by atoms with E-state index in [-0.39, 0.29) is 18.4 Å². The zero-order valence-electron chi connectivity index (χ0n) is 11.3. The Hall–Kier alpha value is -2.88. The van der Waals surface area contributed by atoms with Crippen molar-refractivity contribution >= 4 is 17.8 Å². The van der Waals surface area contributed by atoms with Gasteiger partial charge in [-0.3, -0.25) is 9.59 Å². The maximum Gasteiger partial charge on any atom is 0.326 e. The predicted octanol–water partition coefficient (Wildman–Crippen LogP) is 0.694. The van der Waals surface area contributed by atoms with Crippen molar-refractivity contribution in [3.05, 3.63) is 35.4 Å². The van der Waals surface area contributed by atoms with E-state index in [0.29, 0.717) is 5.56 Å². The molecular formula is C14H14N2O5. The topological polar surface area (TPSA) is 116 Å². The summed E-state index contributed by atoms with van der Waals surface area (Å²) in [5.74, 6) is -2.37. The number of nitriles is 1. The smallest absolute Gasteiger partial charge is 0.326 e. The number of carboxylic acids is 1. The Balaban J connectivity index is 2.69. The summed E-state index contributed by atoms with van der Waals surface area (Å²) in [6.07, 6.45) is -0.175. The van der Waals surface area contributed by atoms with Gasteiger partial charge in [-0.05, 0) is 30.7 Å². The summed E-state index contributed by atoms with van der Waals surface area (Å²) < 4.78 is 4.42. The van der Waals surface area contributed by atoms with Gasteiger partial charge in [0.25, 0.3) is 5.91 Å². The van der Waals surface area contributed by atoms with Gasteiger partial charge in [-0.25, -0.2) is 4.79 Å². The Morgan fingerprint density at radius 3 is 2.43 bits per heavy atom. The largest absolute Gasteiger partial charge is 0.480 e. The Bertz CT molecular complexity index is 574. The third-order valence-corrected chi connectivity index (χ3v) is 2.74. The van der Waals surface area contributed by atoms with E-state index in [4.69, 9.17) is 10.4 Å². The second-order valence-electron chi connectivity index (χ2n) is 4.17. The van der Waals surface area contributed by atoms with E-state index >= 15 is 0 Å². The van der Waals surface area contributed by atoms with Crippen molar-refractivity contribution in [3.63, 3.8) is 0 Å². The highest BCUT2D eigenvalue weighted by Gasteiger charge is 2.21. The number of ether oxygens (including phenoxy) is 1. The van der Waals surface area contributed by atoms with E-state index < -0.39 is 23.9 Å². The standard InChI is InChI=1S/C14H14N2O5/c1-21-12(17)7-6-11(14(19)20)16-13(18)10-4-2-9(8-15)3-5-10/h2-5,11H,6-7H2,1H3,(H,16,18)(H,19,20)/t11-/m1/s1. The van der Waals surface area contributed by atoms with Gasteiger partial charge in [-0.1, -0.05) is 0 Å². The van der Waals surface area contributed by atoms with E-state index in [1.54, 1.807) is 0 Å². The van der Waals surface area contributed by atoms with E-state index in [2.05, 4.69) is 10.1 Å². The molecule has 0 radical (unpaired) electrons. The average Bonchev–Trinajstić information content (AvgIpc) is 2.50. The zero-order valence-corrected chi connectivity index (χ0v) is 11.3. The lowest BCUT2D eigenvalue weighted by molar-refractivity contribution is -0.142. The summed E-state index contributed by atoms with van der Waals surface area (Å²) in [5.41, 5.74) is 0.630. The molecule has 7 heteroatoms. The van der Waals surface area contributed by atoms with Crippen LogP contribution in [0.1, 0.15) is 28.8 Å². The molecule has 21 heavy (non-hydrogen) atoms. The van der Waals surface area contributed by atoms with Crippen LogP contribution in [0.3, 0.4) is 0 Å². The summed E-state index contributed by atoms with van der Waals surface area (Å²) in [7, 11) is 1.20. The van der Waals surface area contributed by atoms with Crippen LogP contribution >= 0.6 is 0 Å². The first-order valence-electron chi connectivity index (χ1n) is 6.08. The Labute approximate surface area is 121 Å². The van der Waals surface area contributed by atoms with Gasteiger partial charge in [0.15, 0.2) is 0 Å². The maximum atomic E-state index is 11.9. The minimum Gasteiger partial charge on any atom is -0.480 e. The zero-order chi connectivity index (χ0) is 15.8. The first-order valence-corrected chi connectivity index (χ1v) is 6.08. The van der Waals surface area contributed by atoms with Crippen LogP contribution in [0, 0.1) is 11.3 Å². The van der Waals surface area contributed by atoms with Crippen LogP contribution in [0.2, 0.25) is 0 Å². The van der Waals surface area contributed by atoms with Crippen molar-refractivity contribution in [2.45, 2.75) is 18.9 Å². The molecule has 1 atom stereocenters. The van der Waals surface area contributed by atoms with Gasteiger partial charge in [0.2, 0.25) is 0 Å². The fourth-order valence-corrected chi connectivity index (χ4v) is 1.56. The molecule has 1 aromatic carbocycles. The van der Waals surface area contributed by atoms with Crippen molar-refractivity contribution < 1.29 is 24.2 Å². The van der Waals surface area contributed by atoms with Gasteiger partial charge in [-0.2, -0.15) is 5.26 Å². The van der Waals surface area contributed by atoms with Crippen LogP contribution < -0.4 is 5.32 Å². The third kappa shape index (κ3) is 4.95. The minimum absolute atomic E-state index is 0.0655. The van der Waals surface area contributed by atoms with Gasteiger partial charge in [-0.15, -0.1) is 0 Å². The first-order chi connectivity index (χ1) is 9.97. The summed E-state index contributed by atoms with van der Waals surface area (Å²) in [6, 6.07) is 6.49. The molecule has 0 aliphatic rings. The molecule has 0 saturated carbocycles. The molecule has 110 valence electrons. The molecule has 1 aromatic rings. The molecule has 0 aliphatic carbocycles. The summed E-state index contributed by atoms with van der Waals surface area (Å²) in [5, 5.41) is 20.0. The number of hydrogen-bond acceptors (Lipinski definition) is 5. The molecule has 0 bridgehead atoms. The molecule has 1 rings (SSSR count). The molecule has 0 heterocycles. The number of methoxy groups -OCH3 is 1. The van der Waals surface area contributed by atoms with E-state index in [0.717, 1.165) is 0 Å². The number of nitrogens with zero attached hydrogens (tertiary/aromatic N) is 1. The molecule has 0 aromatic heterocycles. The van der Waals surface area contributed by atoms with Crippen molar-refractivity contribution in [2.24, 2.45) is 0 Å². The Morgan fingerprint density at radius 1 is 1.33 bits per heavy atom. The van der Waals surface area contributed by atoms with Crippen molar-refractivity contribution in [3.8, 4) is 6.07 Å². The van der Waals surface area contributed by atoms with Crippen molar-refractivity contribution in [1.82, 2.24) is 5.32 Å². The Kier molecular flexibility index (Phi) is 5.89. The highest BCUT2D eigenvalue weighted by Crippen LogP contribution is 2.06. The molecule has 0 spiro atoms. The third-order valence-electron chi connectivity index (χ3n) is 2.74. The van der Waals surface area contributed by atoms with Crippen molar-refractivity contribution in [2.75, 3.05) is 7.11 Å². The monoisotopic (exact) mass is 290 g/mol.